The van der Waals surface area contributed by atoms with Gasteiger partial charge in [-0.1, -0.05) is 49.2 Å². The topological polar surface area (TPSA) is 105 Å². The summed E-state index contributed by atoms with van der Waals surface area (Å²) in [5.74, 6) is 0.124. The first kappa shape index (κ1) is 21.9. The van der Waals surface area contributed by atoms with Gasteiger partial charge in [0, 0.05) is 31.9 Å². The molecule has 0 amide bonds. The van der Waals surface area contributed by atoms with Crippen molar-refractivity contribution in [2.75, 3.05) is 18.5 Å². The zero-order valence-electron chi connectivity index (χ0n) is 18.1. The van der Waals surface area contributed by atoms with Gasteiger partial charge in [0.1, 0.15) is 5.65 Å². The Labute approximate surface area is 186 Å². The van der Waals surface area contributed by atoms with Crippen LogP contribution in [0.15, 0.2) is 59.5 Å². The van der Waals surface area contributed by atoms with Crippen molar-refractivity contribution in [2.45, 2.75) is 44.2 Å². The van der Waals surface area contributed by atoms with E-state index in [-0.39, 0.29) is 5.82 Å². The summed E-state index contributed by atoms with van der Waals surface area (Å²) in [6, 6.07) is 16.3. The van der Waals surface area contributed by atoms with E-state index in [1.165, 1.54) is 16.2 Å². The van der Waals surface area contributed by atoms with Gasteiger partial charge in [-0.05, 0) is 37.0 Å². The number of hydrogen-bond donors (Lipinski definition) is 2. The quantitative estimate of drug-likeness (QED) is 0.301. The Balaban J connectivity index is 1.29. The van der Waals surface area contributed by atoms with Crippen LogP contribution in [-0.2, 0) is 0 Å². The van der Waals surface area contributed by atoms with E-state index in [0.717, 1.165) is 32.1 Å². The first-order valence-corrected chi connectivity index (χ1v) is 11.0. The lowest BCUT2D eigenvalue weighted by atomic mass is 9.99. The number of fused-ring (bicyclic) bond motifs is 1. The Kier molecular flexibility index (Phi) is 6.77. The molecular formula is C23H28N6O3. The maximum absolute atomic E-state index is 12.6. The average molecular weight is 437 g/mol. The molecule has 32 heavy (non-hydrogen) atoms. The predicted octanol–water partition coefficient (Wildman–Crippen LogP) is 3.21. The van der Waals surface area contributed by atoms with Crippen LogP contribution in [-0.4, -0.2) is 33.9 Å². The zero-order chi connectivity index (χ0) is 22.5. The molecule has 1 aromatic carbocycles. The molecule has 2 atom stereocenters. The molecule has 3 aromatic rings. The van der Waals surface area contributed by atoms with Crippen molar-refractivity contribution in [3.63, 3.8) is 0 Å². The Morgan fingerprint density at radius 1 is 1.12 bits per heavy atom. The third-order valence-corrected chi connectivity index (χ3v) is 5.97. The summed E-state index contributed by atoms with van der Waals surface area (Å²) in [5.41, 5.74) is 7.33. The first-order valence-electron chi connectivity index (χ1n) is 11.0. The number of hydrogen-bond acceptors (Lipinski definition) is 7. The Morgan fingerprint density at radius 2 is 1.91 bits per heavy atom. The van der Waals surface area contributed by atoms with Gasteiger partial charge in [0.2, 0.25) is 5.82 Å². The SMILES string of the molecule is CN(CCCCCC1CC(c2ccccc2)NN1)c1nc2ccccn2c(=O)c1[N+](=O)[O-]. The van der Waals surface area contributed by atoms with E-state index in [1.54, 1.807) is 30.1 Å². The predicted molar refractivity (Wildman–Crippen MR) is 124 cm³/mol. The number of anilines is 1. The number of benzene rings is 1. The van der Waals surface area contributed by atoms with Gasteiger partial charge in [-0.2, -0.15) is 0 Å². The molecule has 2 unspecified atom stereocenters. The molecule has 0 bridgehead atoms. The number of unbranched alkanes of at least 4 members (excludes halogenated alkanes) is 2. The zero-order valence-corrected chi connectivity index (χ0v) is 18.1. The van der Waals surface area contributed by atoms with Crippen molar-refractivity contribution in [1.82, 2.24) is 20.2 Å². The molecule has 4 rings (SSSR count). The van der Waals surface area contributed by atoms with E-state index in [4.69, 9.17) is 0 Å². The molecule has 0 radical (unpaired) electrons. The van der Waals surface area contributed by atoms with Crippen LogP contribution in [0, 0.1) is 10.1 Å². The molecular weight excluding hydrogens is 408 g/mol. The second-order valence-corrected chi connectivity index (χ2v) is 8.23. The summed E-state index contributed by atoms with van der Waals surface area (Å²) < 4.78 is 1.21. The summed E-state index contributed by atoms with van der Waals surface area (Å²) in [4.78, 5) is 29.6. The van der Waals surface area contributed by atoms with Crippen molar-refractivity contribution in [1.29, 1.82) is 0 Å². The lowest BCUT2D eigenvalue weighted by Gasteiger charge is -2.18. The van der Waals surface area contributed by atoms with Crippen molar-refractivity contribution in [2.24, 2.45) is 0 Å². The van der Waals surface area contributed by atoms with Crippen LogP contribution in [0.1, 0.15) is 43.7 Å². The van der Waals surface area contributed by atoms with E-state index in [1.807, 2.05) is 6.07 Å². The van der Waals surface area contributed by atoms with Gasteiger partial charge in [0.15, 0.2) is 0 Å². The van der Waals surface area contributed by atoms with Crippen LogP contribution < -0.4 is 21.3 Å². The lowest BCUT2D eigenvalue weighted by molar-refractivity contribution is -0.385. The molecule has 9 heteroatoms. The Hall–Kier alpha value is -3.30. The van der Waals surface area contributed by atoms with Gasteiger partial charge < -0.3 is 4.90 Å². The number of aromatic nitrogens is 2. The van der Waals surface area contributed by atoms with Crippen LogP contribution in [0.25, 0.3) is 5.65 Å². The van der Waals surface area contributed by atoms with Crippen molar-refractivity contribution in [3.05, 3.63) is 80.8 Å². The molecule has 1 fully saturated rings. The van der Waals surface area contributed by atoms with Gasteiger partial charge in [-0.15, -0.1) is 0 Å². The highest BCUT2D eigenvalue weighted by Gasteiger charge is 2.26. The van der Waals surface area contributed by atoms with Gasteiger partial charge >= 0.3 is 11.2 Å². The Morgan fingerprint density at radius 3 is 2.69 bits per heavy atom. The molecule has 9 nitrogen and oxygen atoms in total. The largest absolute Gasteiger partial charge is 0.376 e. The number of nitro groups is 1. The Bertz CT molecular complexity index is 1130. The van der Waals surface area contributed by atoms with E-state index < -0.39 is 16.2 Å². The van der Waals surface area contributed by atoms with Crippen LogP contribution in [0.5, 0.6) is 0 Å². The van der Waals surface area contributed by atoms with Crippen molar-refractivity contribution < 1.29 is 4.92 Å². The minimum Gasteiger partial charge on any atom is -0.354 e. The smallest absolute Gasteiger partial charge is 0.354 e. The highest BCUT2D eigenvalue weighted by Crippen LogP contribution is 2.25. The number of nitrogens with zero attached hydrogens (tertiary/aromatic N) is 4. The summed E-state index contributed by atoms with van der Waals surface area (Å²) in [5, 5.41) is 11.6. The maximum atomic E-state index is 12.6. The molecule has 168 valence electrons. The van der Waals surface area contributed by atoms with E-state index in [9.17, 15) is 14.9 Å². The molecule has 0 aliphatic carbocycles. The number of rotatable bonds is 9. The number of hydrazine groups is 1. The monoisotopic (exact) mass is 436 g/mol. The van der Waals surface area contributed by atoms with E-state index in [0.29, 0.717) is 24.3 Å². The highest BCUT2D eigenvalue weighted by atomic mass is 16.6. The first-order chi connectivity index (χ1) is 15.5. The third-order valence-electron chi connectivity index (χ3n) is 5.97. The van der Waals surface area contributed by atoms with Gasteiger partial charge in [-0.25, -0.2) is 4.98 Å². The molecule has 1 saturated heterocycles. The standard InChI is InChI=1S/C23H28N6O3/c1-27(22-21(29(31)32)23(30)28-15-9-7-13-20(28)24-22)14-8-3-6-12-18-16-19(26-25-18)17-10-4-2-5-11-17/h2,4-5,7,9-11,13,15,18-19,25-26H,3,6,8,12,14,16H2,1H3. The molecule has 2 N–H and O–H groups in total. The fourth-order valence-corrected chi connectivity index (χ4v) is 4.23. The third kappa shape index (κ3) is 4.79. The minimum atomic E-state index is -0.657. The molecule has 3 heterocycles. The molecule has 0 spiro atoms. The minimum absolute atomic E-state index is 0.124. The summed E-state index contributed by atoms with van der Waals surface area (Å²) in [6.07, 6.45) is 6.54. The highest BCUT2D eigenvalue weighted by molar-refractivity contribution is 5.61. The summed E-state index contributed by atoms with van der Waals surface area (Å²) in [7, 11) is 1.75. The van der Waals surface area contributed by atoms with Gasteiger partial charge in [0.25, 0.3) is 0 Å². The van der Waals surface area contributed by atoms with Crippen LogP contribution in [0.3, 0.4) is 0 Å². The fraction of sp³-hybridized carbons (Fsp3) is 0.391. The van der Waals surface area contributed by atoms with Gasteiger partial charge in [0.05, 0.1) is 4.92 Å². The van der Waals surface area contributed by atoms with E-state index in [2.05, 4.69) is 40.1 Å². The number of pyridine rings is 1. The van der Waals surface area contributed by atoms with Crippen molar-refractivity contribution in [3.8, 4) is 0 Å². The molecule has 0 saturated carbocycles. The number of nitrogens with one attached hydrogen (secondary N) is 2. The fourth-order valence-electron chi connectivity index (χ4n) is 4.23. The van der Waals surface area contributed by atoms with E-state index >= 15 is 0 Å². The van der Waals surface area contributed by atoms with Gasteiger partial charge in [-0.3, -0.25) is 30.2 Å². The van der Waals surface area contributed by atoms with Crippen molar-refractivity contribution >= 4 is 17.2 Å². The lowest BCUT2D eigenvalue weighted by Crippen LogP contribution is -2.30. The normalized spacial score (nSPS) is 18.2. The second kappa shape index (κ2) is 9.88. The molecule has 1 aliphatic heterocycles. The van der Waals surface area contributed by atoms with Crippen LogP contribution >= 0.6 is 0 Å². The average Bonchev–Trinajstić information content (AvgIpc) is 3.28. The molecule has 1 aliphatic rings. The summed E-state index contributed by atoms with van der Waals surface area (Å²) >= 11 is 0. The van der Waals surface area contributed by atoms with Crippen LogP contribution in [0.2, 0.25) is 0 Å². The maximum Gasteiger partial charge on any atom is 0.376 e. The van der Waals surface area contributed by atoms with Crippen LogP contribution in [0.4, 0.5) is 11.5 Å². The second-order valence-electron chi connectivity index (χ2n) is 8.23. The molecule has 2 aromatic heterocycles. The summed E-state index contributed by atoms with van der Waals surface area (Å²) in [6.45, 7) is 0.597.